The zero-order valence-electron chi connectivity index (χ0n) is 20.1. The number of carbonyl (C=O) groups excluding carboxylic acids is 3. The van der Waals surface area contributed by atoms with Crippen molar-refractivity contribution in [2.45, 2.75) is 89.8 Å². The maximum Gasteiger partial charge on any atom is 0.307 e. The number of rotatable bonds is 9. The Balaban J connectivity index is 1.77. The Morgan fingerprint density at radius 2 is 1.68 bits per heavy atom. The molecule has 1 saturated carbocycles. The second kappa shape index (κ2) is 13.3. The van der Waals surface area contributed by atoms with E-state index in [4.69, 9.17) is 9.47 Å². The Labute approximate surface area is 200 Å². The largest absolute Gasteiger partial charge is 0.466 e. The molecule has 2 aliphatic rings. The van der Waals surface area contributed by atoms with Gasteiger partial charge in [-0.1, -0.05) is 32.1 Å². The summed E-state index contributed by atoms with van der Waals surface area (Å²) in [5.41, 5.74) is -0.772. The van der Waals surface area contributed by atoms with Gasteiger partial charge in [-0.3, -0.25) is 19.2 Å². The Hall–Kier alpha value is -2.68. The summed E-state index contributed by atoms with van der Waals surface area (Å²) < 4.78 is 12.3. The topological polar surface area (TPSA) is 116 Å². The minimum absolute atomic E-state index is 0.00550. The zero-order valence-corrected chi connectivity index (χ0v) is 20.1. The van der Waals surface area contributed by atoms with E-state index in [1.165, 1.54) is 18.8 Å². The SMILES string of the molecule is CCOC(=O)CCNC(=O)c1cn(C[C@H]2CCCO2)cc(C(=O)NC2CCCCCCC2)c1=O. The molecular formula is C25H37N3O6. The van der Waals surface area contributed by atoms with Crippen molar-refractivity contribution >= 4 is 17.8 Å². The van der Waals surface area contributed by atoms with Crippen LogP contribution in [0.25, 0.3) is 0 Å². The number of hydrogen-bond donors (Lipinski definition) is 2. The first-order chi connectivity index (χ1) is 16.5. The van der Waals surface area contributed by atoms with Crippen LogP contribution >= 0.6 is 0 Å². The first-order valence-corrected chi connectivity index (χ1v) is 12.6. The van der Waals surface area contributed by atoms with Crippen molar-refractivity contribution in [1.82, 2.24) is 15.2 Å². The summed E-state index contributed by atoms with van der Waals surface area (Å²) >= 11 is 0. The Morgan fingerprint density at radius 1 is 1.00 bits per heavy atom. The van der Waals surface area contributed by atoms with E-state index >= 15 is 0 Å². The highest BCUT2D eigenvalue weighted by atomic mass is 16.5. The monoisotopic (exact) mass is 475 g/mol. The number of carbonyl (C=O) groups is 3. The molecule has 0 bridgehead atoms. The summed E-state index contributed by atoms with van der Waals surface area (Å²) in [6.45, 7) is 3.15. The molecule has 1 aliphatic carbocycles. The number of nitrogens with zero attached hydrogens (tertiary/aromatic N) is 1. The third-order valence-corrected chi connectivity index (χ3v) is 6.37. The second-order valence-corrected chi connectivity index (χ2v) is 9.07. The molecule has 9 nitrogen and oxygen atoms in total. The van der Waals surface area contributed by atoms with Crippen LogP contribution in [0, 0.1) is 0 Å². The van der Waals surface area contributed by atoms with Gasteiger partial charge in [0.1, 0.15) is 11.1 Å². The quantitative estimate of drug-likeness (QED) is 0.531. The molecule has 1 aliphatic heterocycles. The van der Waals surface area contributed by atoms with Crippen molar-refractivity contribution in [2.24, 2.45) is 0 Å². The van der Waals surface area contributed by atoms with E-state index in [0.29, 0.717) is 13.2 Å². The molecule has 0 radical (unpaired) electrons. The van der Waals surface area contributed by atoms with Gasteiger partial charge in [-0.05, 0) is 32.6 Å². The molecule has 188 valence electrons. The molecule has 0 aromatic carbocycles. The molecule has 1 aromatic heterocycles. The summed E-state index contributed by atoms with van der Waals surface area (Å²) in [5, 5.41) is 5.62. The van der Waals surface area contributed by atoms with Crippen LogP contribution in [-0.2, 0) is 20.8 Å². The van der Waals surface area contributed by atoms with Crippen molar-refractivity contribution in [1.29, 1.82) is 0 Å². The molecule has 34 heavy (non-hydrogen) atoms. The lowest BCUT2D eigenvalue weighted by Crippen LogP contribution is -2.40. The molecule has 1 atom stereocenters. The highest BCUT2D eigenvalue weighted by Gasteiger charge is 2.23. The number of hydrogen-bond acceptors (Lipinski definition) is 6. The van der Waals surface area contributed by atoms with Crippen LogP contribution in [0.4, 0.5) is 0 Å². The maximum absolute atomic E-state index is 13.1. The fraction of sp³-hybridized carbons (Fsp3) is 0.680. The van der Waals surface area contributed by atoms with Crippen molar-refractivity contribution < 1.29 is 23.9 Å². The molecule has 1 saturated heterocycles. The summed E-state index contributed by atoms with van der Waals surface area (Å²) in [7, 11) is 0. The number of amides is 2. The van der Waals surface area contributed by atoms with Crippen molar-refractivity contribution in [3.05, 3.63) is 33.7 Å². The molecule has 1 aromatic rings. The standard InChI is InChI=1S/C25H37N3O6/c1-2-33-22(29)12-13-26-24(31)20-16-28(15-19-11-8-14-34-19)17-21(23(20)30)25(32)27-18-9-6-4-3-5-7-10-18/h16-19H,2-15H2,1H3,(H,26,31)(H,27,32)/t19-/m1/s1. The van der Waals surface area contributed by atoms with Gasteiger partial charge in [-0.25, -0.2) is 0 Å². The number of nitrogens with one attached hydrogen (secondary N) is 2. The van der Waals surface area contributed by atoms with Gasteiger partial charge in [0.25, 0.3) is 11.8 Å². The summed E-state index contributed by atoms with van der Waals surface area (Å²) in [5.74, 6) is -1.49. The van der Waals surface area contributed by atoms with Gasteiger partial charge in [0.15, 0.2) is 0 Å². The third kappa shape index (κ3) is 7.68. The fourth-order valence-electron chi connectivity index (χ4n) is 4.55. The molecule has 3 rings (SSSR count). The lowest BCUT2D eigenvalue weighted by molar-refractivity contribution is -0.142. The molecule has 0 spiro atoms. The molecule has 9 heteroatoms. The van der Waals surface area contributed by atoms with Gasteiger partial charge in [0.05, 0.1) is 19.1 Å². The molecule has 0 unspecified atom stereocenters. The van der Waals surface area contributed by atoms with E-state index in [-0.39, 0.29) is 42.8 Å². The van der Waals surface area contributed by atoms with Crippen LogP contribution in [0.15, 0.2) is 17.2 Å². The average Bonchev–Trinajstić information content (AvgIpc) is 3.29. The first-order valence-electron chi connectivity index (χ1n) is 12.6. The van der Waals surface area contributed by atoms with Crippen LogP contribution in [0.2, 0.25) is 0 Å². The van der Waals surface area contributed by atoms with Crippen molar-refractivity contribution in [2.75, 3.05) is 19.8 Å². The van der Waals surface area contributed by atoms with E-state index < -0.39 is 23.2 Å². The number of aromatic nitrogens is 1. The Morgan fingerprint density at radius 3 is 2.32 bits per heavy atom. The molecule has 2 amide bonds. The normalized spacial score (nSPS) is 19.1. The smallest absolute Gasteiger partial charge is 0.307 e. The molecule has 2 heterocycles. The highest BCUT2D eigenvalue weighted by molar-refractivity contribution is 5.99. The van der Waals surface area contributed by atoms with Crippen LogP contribution in [-0.4, -0.2) is 54.3 Å². The predicted octanol–water partition coefficient (Wildman–Crippen LogP) is 2.55. The maximum atomic E-state index is 13.1. The predicted molar refractivity (Wildman–Crippen MR) is 127 cm³/mol. The van der Waals surface area contributed by atoms with Crippen LogP contribution < -0.4 is 16.1 Å². The molecule has 2 fully saturated rings. The minimum atomic E-state index is -0.615. The lowest BCUT2D eigenvalue weighted by Gasteiger charge is -2.21. The van der Waals surface area contributed by atoms with Crippen LogP contribution in [0.1, 0.15) is 91.8 Å². The van der Waals surface area contributed by atoms with Crippen molar-refractivity contribution in [3.8, 4) is 0 Å². The number of pyridine rings is 1. The highest BCUT2D eigenvalue weighted by Crippen LogP contribution is 2.18. The van der Waals surface area contributed by atoms with Gasteiger partial charge < -0.3 is 24.7 Å². The first kappa shape index (κ1) is 25.9. The van der Waals surface area contributed by atoms with E-state index in [0.717, 1.165) is 51.4 Å². The van der Waals surface area contributed by atoms with Crippen LogP contribution in [0.5, 0.6) is 0 Å². The van der Waals surface area contributed by atoms with Crippen LogP contribution in [0.3, 0.4) is 0 Å². The summed E-state index contributed by atoms with van der Waals surface area (Å²) in [6, 6.07) is 0.0286. The minimum Gasteiger partial charge on any atom is -0.466 e. The lowest BCUT2D eigenvalue weighted by atomic mass is 9.96. The fourth-order valence-corrected chi connectivity index (χ4v) is 4.55. The molecule has 2 N–H and O–H groups in total. The molecular weight excluding hydrogens is 438 g/mol. The van der Waals surface area contributed by atoms with Crippen molar-refractivity contribution in [3.63, 3.8) is 0 Å². The van der Waals surface area contributed by atoms with Gasteiger partial charge in [-0.15, -0.1) is 0 Å². The number of ether oxygens (including phenoxy) is 2. The average molecular weight is 476 g/mol. The second-order valence-electron chi connectivity index (χ2n) is 9.07. The van der Waals surface area contributed by atoms with Gasteiger partial charge in [0, 0.05) is 38.1 Å². The van der Waals surface area contributed by atoms with E-state index in [1.54, 1.807) is 11.5 Å². The summed E-state index contributed by atoms with van der Waals surface area (Å²) in [6.07, 6.45) is 12.2. The Bertz CT molecular complexity index is 898. The number of esters is 1. The van der Waals surface area contributed by atoms with E-state index in [1.807, 2.05) is 0 Å². The van der Waals surface area contributed by atoms with Gasteiger partial charge in [-0.2, -0.15) is 0 Å². The van der Waals surface area contributed by atoms with Gasteiger partial charge >= 0.3 is 5.97 Å². The van der Waals surface area contributed by atoms with E-state index in [9.17, 15) is 19.2 Å². The summed E-state index contributed by atoms with van der Waals surface area (Å²) in [4.78, 5) is 50.6. The third-order valence-electron chi connectivity index (χ3n) is 6.37. The zero-order chi connectivity index (χ0) is 24.3. The Kier molecular flexibility index (Phi) is 10.1. The van der Waals surface area contributed by atoms with E-state index in [2.05, 4.69) is 10.6 Å². The van der Waals surface area contributed by atoms with Gasteiger partial charge in [0.2, 0.25) is 5.43 Å².